The van der Waals surface area contributed by atoms with E-state index in [4.69, 9.17) is 0 Å². The highest BCUT2D eigenvalue weighted by Gasteiger charge is 2.17. The summed E-state index contributed by atoms with van der Waals surface area (Å²) in [5, 5.41) is 30.6. The average Bonchev–Trinajstić information content (AvgIpc) is 2.91. The van der Waals surface area contributed by atoms with Crippen LogP contribution in [0.5, 0.6) is 0 Å². The van der Waals surface area contributed by atoms with E-state index in [1.807, 2.05) is 48.5 Å². The third-order valence-corrected chi connectivity index (χ3v) is 8.58. The molecule has 4 N–H and O–H groups in total. The van der Waals surface area contributed by atoms with Crippen LogP contribution >= 0.6 is 21.6 Å². The molecule has 2 rings (SSSR count). The van der Waals surface area contributed by atoms with Gasteiger partial charge in [0.05, 0.1) is 0 Å². The summed E-state index contributed by atoms with van der Waals surface area (Å²) in [6, 6.07) is 15.9. The number of rotatable bonds is 13. The van der Waals surface area contributed by atoms with Crippen molar-refractivity contribution in [3.63, 3.8) is 0 Å². The number of nitrogens with zero attached hydrogens (tertiary/aromatic N) is 2. The molecular weight excluding hydrogens is 544 g/mol. The normalized spacial score (nSPS) is 12.8. The molecule has 0 atom stereocenters. The number of benzene rings is 2. The molecule has 0 heterocycles. The van der Waals surface area contributed by atoms with Gasteiger partial charge in [0.1, 0.15) is 11.4 Å². The zero-order chi connectivity index (χ0) is 29.8. The summed E-state index contributed by atoms with van der Waals surface area (Å²) in [5.41, 5.74) is 4.40. The third kappa shape index (κ3) is 11.3. The van der Waals surface area contributed by atoms with E-state index >= 15 is 0 Å². The second-order valence-electron chi connectivity index (χ2n) is 11.5. The standard InChI is InChI=1S/C30H42N4O4S2/c1-29(2,3)23-11-7-21(8-12-23)19-25(33-37)27(35)31-15-17-39-40-18-16-32-28(36)26(34-38)20-22-9-13-24(14-10-22)30(4,5)6/h7-14,37-38H,15-20H2,1-6H3,(H,31,35)(H,32,36)/b33-25-,34-26-. The van der Waals surface area contributed by atoms with Gasteiger partial charge >= 0.3 is 0 Å². The van der Waals surface area contributed by atoms with Crippen molar-refractivity contribution in [2.75, 3.05) is 24.6 Å². The van der Waals surface area contributed by atoms with Gasteiger partial charge in [-0.2, -0.15) is 0 Å². The third-order valence-electron chi connectivity index (χ3n) is 6.17. The highest BCUT2D eigenvalue weighted by atomic mass is 33.1. The van der Waals surface area contributed by atoms with Crippen LogP contribution in [0.4, 0.5) is 0 Å². The van der Waals surface area contributed by atoms with E-state index in [0.29, 0.717) is 24.6 Å². The lowest BCUT2D eigenvalue weighted by Crippen LogP contribution is -2.34. The fourth-order valence-corrected chi connectivity index (χ4v) is 5.50. The predicted octanol–water partition coefficient (Wildman–Crippen LogP) is 5.34. The smallest absolute Gasteiger partial charge is 0.269 e. The van der Waals surface area contributed by atoms with E-state index in [1.54, 1.807) is 21.6 Å². The van der Waals surface area contributed by atoms with Gasteiger partial charge in [0.25, 0.3) is 11.8 Å². The van der Waals surface area contributed by atoms with E-state index in [2.05, 4.69) is 62.5 Å². The summed E-state index contributed by atoms with van der Waals surface area (Å²) < 4.78 is 0. The summed E-state index contributed by atoms with van der Waals surface area (Å²) in [6.45, 7) is 13.7. The molecule has 2 aromatic carbocycles. The Morgan fingerprint density at radius 2 is 0.975 bits per heavy atom. The number of hydrogen-bond acceptors (Lipinski definition) is 8. The second kappa shape index (κ2) is 15.7. The highest BCUT2D eigenvalue weighted by Crippen LogP contribution is 2.23. The molecule has 2 aromatic rings. The molecule has 8 nitrogen and oxygen atoms in total. The van der Waals surface area contributed by atoms with Crippen molar-refractivity contribution in [1.29, 1.82) is 0 Å². The van der Waals surface area contributed by atoms with Crippen LogP contribution in [-0.2, 0) is 33.3 Å². The minimum absolute atomic E-state index is 0.0427. The number of hydrogen-bond donors (Lipinski definition) is 4. The van der Waals surface area contributed by atoms with Gasteiger partial charge in [-0.25, -0.2) is 0 Å². The van der Waals surface area contributed by atoms with Gasteiger partial charge < -0.3 is 21.0 Å². The van der Waals surface area contributed by atoms with E-state index in [9.17, 15) is 20.0 Å². The van der Waals surface area contributed by atoms with Crippen LogP contribution in [0.3, 0.4) is 0 Å². The Kier molecular flexibility index (Phi) is 13.1. The van der Waals surface area contributed by atoms with Crippen LogP contribution < -0.4 is 10.6 Å². The SMILES string of the molecule is CC(C)(C)c1ccc(C/C(=N/O)C(=O)NCCSSCCNC(=O)/C(Cc2ccc(C(C)(C)C)cc2)=N\O)cc1. The highest BCUT2D eigenvalue weighted by molar-refractivity contribution is 8.76. The molecule has 0 saturated heterocycles. The zero-order valence-corrected chi connectivity index (χ0v) is 25.9. The first-order valence-electron chi connectivity index (χ1n) is 13.3. The molecule has 0 spiro atoms. The van der Waals surface area contributed by atoms with Crippen molar-refractivity contribution in [1.82, 2.24) is 10.6 Å². The van der Waals surface area contributed by atoms with Gasteiger partial charge in [0.2, 0.25) is 0 Å². The number of carbonyl (C=O) groups excluding carboxylic acids is 2. The van der Waals surface area contributed by atoms with Gasteiger partial charge in [-0.05, 0) is 33.1 Å². The average molecular weight is 587 g/mol. The lowest BCUT2D eigenvalue weighted by molar-refractivity contribution is -0.115. The Balaban J connectivity index is 1.63. The molecule has 0 fully saturated rings. The number of amides is 2. The first kappa shape index (κ1) is 33.2. The number of nitrogens with one attached hydrogen (secondary N) is 2. The Labute approximate surface area is 245 Å². The second-order valence-corrected chi connectivity index (χ2v) is 14.2. The summed E-state index contributed by atoms with van der Waals surface area (Å²) in [6.07, 6.45) is 0.491. The van der Waals surface area contributed by atoms with Gasteiger partial charge in [-0.1, -0.05) is 122 Å². The quantitative estimate of drug-likeness (QED) is 0.0826. The molecule has 0 saturated carbocycles. The van der Waals surface area contributed by atoms with E-state index in [1.165, 1.54) is 11.1 Å². The van der Waals surface area contributed by atoms with Gasteiger partial charge in [0.15, 0.2) is 0 Å². The first-order chi connectivity index (χ1) is 18.8. The molecule has 218 valence electrons. The summed E-state index contributed by atoms with van der Waals surface area (Å²) in [4.78, 5) is 24.8. The lowest BCUT2D eigenvalue weighted by Gasteiger charge is -2.19. The summed E-state index contributed by atoms with van der Waals surface area (Å²) in [5.74, 6) is 0.502. The molecule has 0 aliphatic heterocycles. The topological polar surface area (TPSA) is 123 Å². The maximum Gasteiger partial charge on any atom is 0.269 e. The number of oxime groups is 2. The Morgan fingerprint density at radius 3 is 1.25 bits per heavy atom. The fraction of sp³-hybridized carbons (Fsp3) is 0.467. The van der Waals surface area contributed by atoms with Crippen LogP contribution in [0.25, 0.3) is 0 Å². The largest absolute Gasteiger partial charge is 0.410 e. The van der Waals surface area contributed by atoms with Crippen LogP contribution in [0, 0.1) is 0 Å². The minimum atomic E-state index is -0.399. The first-order valence-corrected chi connectivity index (χ1v) is 15.8. The monoisotopic (exact) mass is 586 g/mol. The van der Waals surface area contributed by atoms with Gasteiger partial charge in [-0.15, -0.1) is 0 Å². The molecule has 0 aromatic heterocycles. The Bertz CT molecular complexity index is 1070. The maximum absolute atomic E-state index is 12.4. The Morgan fingerprint density at radius 1 is 0.650 bits per heavy atom. The van der Waals surface area contributed by atoms with Crippen LogP contribution in [0.15, 0.2) is 58.8 Å². The van der Waals surface area contributed by atoms with Crippen molar-refractivity contribution in [2.24, 2.45) is 10.3 Å². The molecule has 10 heteroatoms. The molecule has 0 bridgehead atoms. The van der Waals surface area contributed by atoms with Crippen LogP contribution in [0.1, 0.15) is 63.8 Å². The summed E-state index contributed by atoms with van der Waals surface area (Å²) in [7, 11) is 3.13. The van der Waals surface area contributed by atoms with Crippen molar-refractivity contribution in [2.45, 2.75) is 65.2 Å². The van der Waals surface area contributed by atoms with E-state index in [0.717, 1.165) is 11.1 Å². The lowest BCUT2D eigenvalue weighted by atomic mass is 9.86. The molecule has 2 amide bonds. The van der Waals surface area contributed by atoms with E-state index < -0.39 is 11.8 Å². The Hall–Kier alpha value is -2.98. The number of carbonyl (C=O) groups is 2. The van der Waals surface area contributed by atoms with Crippen molar-refractivity contribution < 1.29 is 20.0 Å². The molecule has 0 unspecified atom stereocenters. The van der Waals surface area contributed by atoms with E-state index in [-0.39, 0.29) is 35.1 Å². The maximum atomic E-state index is 12.4. The van der Waals surface area contributed by atoms with Crippen molar-refractivity contribution in [3.8, 4) is 0 Å². The molecular formula is C30H42N4O4S2. The van der Waals surface area contributed by atoms with Crippen LogP contribution in [-0.4, -0.2) is 58.2 Å². The van der Waals surface area contributed by atoms with Gasteiger partial charge in [-0.3, -0.25) is 9.59 Å². The van der Waals surface area contributed by atoms with Crippen LogP contribution in [0.2, 0.25) is 0 Å². The van der Waals surface area contributed by atoms with Crippen molar-refractivity contribution in [3.05, 3.63) is 70.8 Å². The van der Waals surface area contributed by atoms with Gasteiger partial charge in [0, 0.05) is 37.4 Å². The molecule has 0 radical (unpaired) electrons. The van der Waals surface area contributed by atoms with Crippen molar-refractivity contribution >= 4 is 44.8 Å². The minimum Gasteiger partial charge on any atom is -0.410 e. The fourth-order valence-electron chi connectivity index (χ4n) is 3.69. The zero-order valence-electron chi connectivity index (χ0n) is 24.3. The molecule has 40 heavy (non-hydrogen) atoms. The molecule has 0 aliphatic rings. The molecule has 0 aliphatic carbocycles. The predicted molar refractivity (Wildman–Crippen MR) is 167 cm³/mol. The summed E-state index contributed by atoms with van der Waals surface area (Å²) >= 11 is 0.